The summed E-state index contributed by atoms with van der Waals surface area (Å²) in [5, 5.41) is 7.13. The van der Waals surface area contributed by atoms with Gasteiger partial charge >= 0.3 is 0 Å². The molecule has 0 saturated heterocycles. The summed E-state index contributed by atoms with van der Waals surface area (Å²) in [7, 11) is 1.85. The molecule has 0 aliphatic heterocycles. The van der Waals surface area contributed by atoms with Crippen molar-refractivity contribution in [3.8, 4) is 0 Å². The first-order valence-corrected chi connectivity index (χ1v) is 7.67. The number of benzene rings is 1. The van der Waals surface area contributed by atoms with Crippen molar-refractivity contribution in [2.24, 2.45) is 7.05 Å². The van der Waals surface area contributed by atoms with Gasteiger partial charge in [0.1, 0.15) is 0 Å². The fourth-order valence-corrected chi connectivity index (χ4v) is 3.26. The van der Waals surface area contributed by atoms with Gasteiger partial charge in [-0.2, -0.15) is 5.10 Å². The Hall–Kier alpha value is -1.88. The number of rotatable bonds is 3. The smallest absolute Gasteiger partial charge is 0.244 e. The zero-order chi connectivity index (χ0) is 14.8. The average molecular weight is 346 g/mol. The molecule has 1 aromatic carbocycles. The summed E-state index contributed by atoms with van der Waals surface area (Å²) in [6, 6.07) is 6.25. The van der Waals surface area contributed by atoms with Crippen LogP contribution in [0.3, 0.4) is 0 Å². The van der Waals surface area contributed by atoms with E-state index in [9.17, 15) is 4.79 Å². The normalized spacial score (nSPS) is 17.1. The Balaban J connectivity index is 1.67. The highest BCUT2D eigenvalue weighted by atomic mass is 79.9. The van der Waals surface area contributed by atoms with Crippen LogP contribution in [0.1, 0.15) is 29.2 Å². The number of amides is 1. The summed E-state index contributed by atoms with van der Waals surface area (Å²) in [6.45, 7) is 0. The molecule has 4 nitrogen and oxygen atoms in total. The molecule has 108 valence electrons. The Labute approximate surface area is 132 Å². The average Bonchev–Trinajstić information content (AvgIpc) is 3.05. The van der Waals surface area contributed by atoms with E-state index in [-0.39, 0.29) is 11.9 Å². The van der Waals surface area contributed by atoms with Crippen molar-refractivity contribution in [3.05, 3.63) is 57.8 Å². The quantitative estimate of drug-likeness (QED) is 0.869. The van der Waals surface area contributed by atoms with Crippen molar-refractivity contribution in [3.63, 3.8) is 0 Å². The number of carbonyl (C=O) groups excluding carboxylic acids is 1. The highest BCUT2D eigenvalue weighted by Crippen LogP contribution is 2.35. The second-order valence-corrected chi connectivity index (χ2v) is 6.04. The van der Waals surface area contributed by atoms with E-state index in [1.54, 1.807) is 23.0 Å². The van der Waals surface area contributed by atoms with Crippen LogP contribution in [0.4, 0.5) is 0 Å². The highest BCUT2D eigenvalue weighted by Gasteiger charge is 2.24. The minimum absolute atomic E-state index is 0.0725. The molecule has 1 atom stereocenters. The van der Waals surface area contributed by atoms with Gasteiger partial charge in [0.2, 0.25) is 5.91 Å². The van der Waals surface area contributed by atoms with Gasteiger partial charge in [-0.15, -0.1) is 0 Å². The third-order valence-electron chi connectivity index (χ3n) is 3.68. The van der Waals surface area contributed by atoms with Crippen LogP contribution in [0.5, 0.6) is 0 Å². The Morgan fingerprint density at radius 1 is 1.52 bits per heavy atom. The molecule has 1 N–H and O–H groups in total. The molecule has 1 heterocycles. The number of fused-ring (bicyclic) bond motifs is 1. The van der Waals surface area contributed by atoms with E-state index in [2.05, 4.69) is 32.4 Å². The SMILES string of the molecule is Cn1cc(/C=C/C(=O)N[C@H]2CCc3c(Br)cccc32)cn1. The summed E-state index contributed by atoms with van der Waals surface area (Å²) in [5.74, 6) is -0.0725. The van der Waals surface area contributed by atoms with Crippen LogP contribution in [0.15, 0.2) is 41.1 Å². The van der Waals surface area contributed by atoms with Gasteiger partial charge in [0, 0.05) is 29.4 Å². The van der Waals surface area contributed by atoms with Crippen molar-refractivity contribution in [1.82, 2.24) is 15.1 Å². The van der Waals surface area contributed by atoms with Gasteiger partial charge in [0.05, 0.1) is 12.2 Å². The molecule has 2 aromatic rings. The number of carbonyl (C=O) groups is 1. The van der Waals surface area contributed by atoms with Crippen LogP contribution in [-0.4, -0.2) is 15.7 Å². The molecule has 1 aliphatic rings. The van der Waals surface area contributed by atoms with Crippen molar-refractivity contribution in [1.29, 1.82) is 0 Å². The molecule has 0 fully saturated rings. The van der Waals surface area contributed by atoms with Crippen LogP contribution in [-0.2, 0) is 18.3 Å². The first-order chi connectivity index (χ1) is 10.1. The number of hydrogen-bond donors (Lipinski definition) is 1. The molecule has 0 spiro atoms. The fraction of sp³-hybridized carbons (Fsp3) is 0.250. The van der Waals surface area contributed by atoms with Crippen LogP contribution >= 0.6 is 15.9 Å². The molecule has 0 saturated carbocycles. The van der Waals surface area contributed by atoms with Crippen molar-refractivity contribution < 1.29 is 4.79 Å². The molecular weight excluding hydrogens is 330 g/mol. The lowest BCUT2D eigenvalue weighted by Gasteiger charge is -2.12. The van der Waals surface area contributed by atoms with Crippen LogP contribution in [0, 0.1) is 0 Å². The van der Waals surface area contributed by atoms with Gasteiger partial charge in [-0.05, 0) is 36.1 Å². The maximum absolute atomic E-state index is 12.0. The van der Waals surface area contributed by atoms with Gasteiger partial charge in [0.25, 0.3) is 0 Å². The molecule has 21 heavy (non-hydrogen) atoms. The second kappa shape index (κ2) is 5.85. The topological polar surface area (TPSA) is 46.9 Å². The first kappa shape index (κ1) is 14.1. The molecule has 0 radical (unpaired) electrons. The zero-order valence-electron chi connectivity index (χ0n) is 11.7. The van der Waals surface area contributed by atoms with E-state index in [1.165, 1.54) is 11.1 Å². The summed E-state index contributed by atoms with van der Waals surface area (Å²) in [6.07, 6.45) is 8.88. The van der Waals surface area contributed by atoms with Gasteiger partial charge in [-0.25, -0.2) is 0 Å². The minimum Gasteiger partial charge on any atom is -0.346 e. The summed E-state index contributed by atoms with van der Waals surface area (Å²) >= 11 is 3.57. The van der Waals surface area contributed by atoms with Gasteiger partial charge < -0.3 is 5.32 Å². The number of aromatic nitrogens is 2. The monoisotopic (exact) mass is 345 g/mol. The predicted octanol–water partition coefficient (Wildman–Crippen LogP) is 3.00. The third-order valence-corrected chi connectivity index (χ3v) is 4.42. The molecule has 1 aromatic heterocycles. The van der Waals surface area contributed by atoms with Crippen LogP contribution in [0.25, 0.3) is 6.08 Å². The van der Waals surface area contributed by atoms with E-state index in [4.69, 9.17) is 0 Å². The van der Waals surface area contributed by atoms with Crippen molar-refractivity contribution in [2.45, 2.75) is 18.9 Å². The number of halogens is 1. The van der Waals surface area contributed by atoms with Crippen LogP contribution < -0.4 is 5.32 Å². The Morgan fingerprint density at radius 3 is 3.14 bits per heavy atom. The maximum Gasteiger partial charge on any atom is 0.244 e. The first-order valence-electron chi connectivity index (χ1n) is 6.88. The van der Waals surface area contributed by atoms with E-state index < -0.39 is 0 Å². The van der Waals surface area contributed by atoms with E-state index in [1.807, 2.05) is 25.4 Å². The van der Waals surface area contributed by atoms with Crippen molar-refractivity contribution in [2.75, 3.05) is 0 Å². The largest absolute Gasteiger partial charge is 0.346 e. The lowest BCUT2D eigenvalue weighted by molar-refractivity contribution is -0.117. The van der Waals surface area contributed by atoms with Gasteiger partial charge in [-0.3, -0.25) is 9.48 Å². The molecule has 0 unspecified atom stereocenters. The van der Waals surface area contributed by atoms with E-state index in [0.29, 0.717) is 0 Å². The summed E-state index contributed by atoms with van der Waals surface area (Å²) < 4.78 is 2.84. The molecule has 3 rings (SSSR count). The fourth-order valence-electron chi connectivity index (χ4n) is 2.68. The van der Waals surface area contributed by atoms with Gasteiger partial charge in [-0.1, -0.05) is 28.1 Å². The Kier molecular flexibility index (Phi) is 3.92. The van der Waals surface area contributed by atoms with E-state index >= 15 is 0 Å². The molecule has 0 bridgehead atoms. The number of hydrogen-bond acceptors (Lipinski definition) is 2. The van der Waals surface area contributed by atoms with Crippen LogP contribution in [0.2, 0.25) is 0 Å². The van der Waals surface area contributed by atoms with E-state index in [0.717, 1.165) is 22.9 Å². The van der Waals surface area contributed by atoms with Crippen molar-refractivity contribution >= 4 is 27.9 Å². The van der Waals surface area contributed by atoms with Gasteiger partial charge in [0.15, 0.2) is 0 Å². The molecule has 1 amide bonds. The summed E-state index contributed by atoms with van der Waals surface area (Å²) in [4.78, 5) is 12.0. The summed E-state index contributed by atoms with van der Waals surface area (Å²) in [5.41, 5.74) is 3.44. The second-order valence-electron chi connectivity index (χ2n) is 5.19. The standard InChI is InChI=1S/C16H16BrN3O/c1-20-10-11(9-18-20)5-8-16(21)19-15-7-6-12-13(15)3-2-4-14(12)17/h2-5,8-10,15H,6-7H2,1H3,(H,19,21)/b8-5+/t15-/m0/s1. The molecular formula is C16H16BrN3O. The third kappa shape index (κ3) is 3.08. The zero-order valence-corrected chi connectivity index (χ0v) is 13.3. The lowest BCUT2D eigenvalue weighted by Crippen LogP contribution is -2.25. The molecule has 1 aliphatic carbocycles. The highest BCUT2D eigenvalue weighted by molar-refractivity contribution is 9.10. The predicted molar refractivity (Wildman–Crippen MR) is 85.6 cm³/mol. The number of nitrogens with one attached hydrogen (secondary N) is 1. The molecule has 5 heteroatoms. The minimum atomic E-state index is -0.0725. The number of nitrogens with zero attached hydrogens (tertiary/aromatic N) is 2. The lowest BCUT2D eigenvalue weighted by atomic mass is 10.1. The Morgan fingerprint density at radius 2 is 2.38 bits per heavy atom. The number of aryl methyl sites for hydroxylation is 1. The Bertz CT molecular complexity index is 705. The maximum atomic E-state index is 12.0.